The van der Waals surface area contributed by atoms with Crippen LogP contribution < -0.4 is 0 Å². The van der Waals surface area contributed by atoms with Gasteiger partial charge >= 0.3 is 0 Å². The van der Waals surface area contributed by atoms with Crippen molar-refractivity contribution in [2.45, 2.75) is 105 Å². The summed E-state index contributed by atoms with van der Waals surface area (Å²) in [4.78, 5) is 16.0. The van der Waals surface area contributed by atoms with E-state index in [9.17, 15) is 0 Å². The number of nitrogens with zero attached hydrogens (tertiary/aromatic N) is 4. The number of unbranched alkanes of at least 4 members (excludes halogenated alkanes) is 8. The molecule has 166 valence electrons. The molecule has 0 atom stereocenters. The quantitative estimate of drug-likeness (QED) is 0.306. The van der Waals surface area contributed by atoms with Crippen LogP contribution in [0.25, 0.3) is 0 Å². The van der Waals surface area contributed by atoms with Crippen molar-refractivity contribution >= 4 is 13.6 Å². The molecule has 0 aliphatic rings. The van der Waals surface area contributed by atoms with E-state index in [1.807, 2.05) is 13.6 Å². The maximum absolute atomic E-state index is 8.00. The Balaban J connectivity index is -0.0000000415. The van der Waals surface area contributed by atoms with E-state index in [1.165, 1.54) is 0 Å². The fourth-order valence-electron chi connectivity index (χ4n) is 1.02. The van der Waals surface area contributed by atoms with Crippen molar-refractivity contribution in [3.05, 3.63) is 0 Å². The van der Waals surface area contributed by atoms with E-state index >= 15 is 0 Å². The Morgan fingerprint density at radius 1 is 0.483 bits per heavy atom. The van der Waals surface area contributed by atoms with Crippen LogP contribution in [0.3, 0.4) is 0 Å². The van der Waals surface area contributed by atoms with Crippen molar-refractivity contribution in [2.75, 3.05) is 0 Å². The molecule has 0 amide bonds. The van der Waals surface area contributed by atoms with Gasteiger partial charge in [0.2, 0.25) is 0 Å². The molecule has 0 aromatic rings. The molecule has 0 rings (SSSR count). The summed E-state index contributed by atoms with van der Waals surface area (Å²) in [5, 5.41) is 31.8. The van der Waals surface area contributed by atoms with Crippen molar-refractivity contribution in [2.24, 2.45) is 0 Å². The van der Waals surface area contributed by atoms with Gasteiger partial charge in [-0.25, -0.2) is 0 Å². The summed E-state index contributed by atoms with van der Waals surface area (Å²) >= 11 is 0. The summed E-state index contributed by atoms with van der Waals surface area (Å²) in [5.74, 6) is 0. The summed E-state index contributed by atoms with van der Waals surface area (Å²) in [6.07, 6.45) is 11.6. The normalized spacial score (nSPS) is 6.34. The van der Waals surface area contributed by atoms with Gasteiger partial charge in [-0.3, -0.25) is 0 Å². The Hall–Kier alpha value is -2.01. The Labute approximate surface area is 194 Å². The molecule has 0 heterocycles. The van der Waals surface area contributed by atoms with Crippen LogP contribution in [0.1, 0.15) is 105 Å². The molecule has 0 bridgehead atoms. The molecule has 0 radical (unpaired) electrons. The van der Waals surface area contributed by atoms with Crippen LogP contribution >= 0.6 is 0 Å². The fraction of sp³-hybridized carbons (Fsp3) is 0.727. The zero-order valence-electron chi connectivity index (χ0n) is 18.9. The van der Waals surface area contributed by atoms with Crippen LogP contribution in [0.5, 0.6) is 0 Å². The summed E-state index contributed by atoms with van der Waals surface area (Å²) in [7, 11) is 0. The summed E-state index contributed by atoms with van der Waals surface area (Å²) in [6, 6.07) is 8.27. The second-order valence-corrected chi connectivity index (χ2v) is 5.05. The Bertz CT molecular complexity index is 320. The Morgan fingerprint density at radius 2 is 0.621 bits per heavy atom. The topological polar surface area (TPSA) is 129 Å². The third-order valence-electron chi connectivity index (χ3n) is 2.57. The molecule has 29 heavy (non-hydrogen) atoms. The van der Waals surface area contributed by atoms with E-state index in [2.05, 4.69) is 52.0 Å². The van der Waals surface area contributed by atoms with Gasteiger partial charge in [0.15, 0.2) is 0 Å². The van der Waals surface area contributed by atoms with Crippen molar-refractivity contribution < 1.29 is 30.7 Å². The number of rotatable bonds is 8. The maximum atomic E-state index is 8.00. The van der Waals surface area contributed by atoms with E-state index in [1.54, 1.807) is 0 Å². The molecule has 6 nitrogen and oxygen atoms in total. The molecule has 0 unspecified atom stereocenters. The van der Waals surface area contributed by atoms with Gasteiger partial charge in [-0.15, -0.1) is 0 Å². The van der Waals surface area contributed by atoms with E-state index in [0.29, 0.717) is 0 Å². The number of carbonyl (C=O) groups is 2. The van der Waals surface area contributed by atoms with Crippen molar-refractivity contribution in [1.82, 2.24) is 0 Å². The first-order valence-electron chi connectivity index (χ1n) is 9.71. The molecule has 0 aromatic heterocycles. The molecule has 0 aromatic carbocycles. The fourth-order valence-corrected chi connectivity index (χ4v) is 1.02. The van der Waals surface area contributed by atoms with E-state index in [-0.39, 0.29) is 21.1 Å². The second kappa shape index (κ2) is 82.9. The van der Waals surface area contributed by atoms with E-state index in [4.69, 9.17) is 30.6 Å². The van der Waals surface area contributed by atoms with E-state index < -0.39 is 0 Å². The summed E-state index contributed by atoms with van der Waals surface area (Å²) < 4.78 is 0. The van der Waals surface area contributed by atoms with Gasteiger partial charge in [0.1, 0.15) is 13.6 Å². The summed E-state index contributed by atoms with van der Waals surface area (Å²) in [6.45, 7) is 12.3. The molecule has 0 N–H and O–H groups in total. The van der Waals surface area contributed by atoms with Crippen LogP contribution in [0.15, 0.2) is 0 Å². The van der Waals surface area contributed by atoms with Crippen LogP contribution in [0.2, 0.25) is 0 Å². The average molecular weight is 576 g/mol. The summed E-state index contributed by atoms with van der Waals surface area (Å²) in [5.41, 5.74) is 0. The number of nitriles is 4. The first-order valence-corrected chi connectivity index (χ1v) is 9.71. The van der Waals surface area contributed by atoms with Crippen molar-refractivity contribution in [3.8, 4) is 24.3 Å². The van der Waals surface area contributed by atoms with Gasteiger partial charge < -0.3 is 9.59 Å². The molecule has 0 saturated heterocycles. The zero-order chi connectivity index (χ0) is 23.3. The maximum Gasteiger partial charge on any atom is 0.106 e. The van der Waals surface area contributed by atoms with Gasteiger partial charge in [0, 0.05) is 46.7 Å². The molecule has 7 heteroatoms. The van der Waals surface area contributed by atoms with Gasteiger partial charge in [-0.05, 0) is 25.7 Å². The van der Waals surface area contributed by atoms with Gasteiger partial charge in [0.05, 0.1) is 24.3 Å². The standard InChI is InChI=1S/4C5H9N.2CH2O.W/c4*1-2-3-4-5-6;2*1-2;/h4*2-4H2,1H3;2*1H2;. The Kier molecular flexibility index (Phi) is 130. The van der Waals surface area contributed by atoms with Crippen LogP contribution in [0, 0.1) is 45.3 Å². The van der Waals surface area contributed by atoms with Gasteiger partial charge in [0.25, 0.3) is 0 Å². The molecule has 0 fully saturated rings. The third-order valence-corrected chi connectivity index (χ3v) is 2.57. The monoisotopic (exact) mass is 576 g/mol. The van der Waals surface area contributed by atoms with Gasteiger partial charge in [-0.2, -0.15) is 21.0 Å². The Morgan fingerprint density at radius 3 is 0.655 bits per heavy atom. The van der Waals surface area contributed by atoms with Crippen molar-refractivity contribution in [1.29, 1.82) is 21.0 Å². The average Bonchev–Trinajstić information content (AvgIpc) is 2.77. The minimum absolute atomic E-state index is 0. The van der Waals surface area contributed by atoms with Crippen molar-refractivity contribution in [3.63, 3.8) is 0 Å². The van der Waals surface area contributed by atoms with Crippen LogP contribution in [-0.2, 0) is 30.7 Å². The predicted octanol–water partition coefficient (Wildman–Crippen LogP) is 6.43. The minimum atomic E-state index is 0. The molecule has 0 spiro atoms. The zero-order valence-corrected chi connectivity index (χ0v) is 21.8. The smallest absolute Gasteiger partial charge is 0.106 e. The number of hydrogen-bond acceptors (Lipinski definition) is 6. The SMILES string of the molecule is C=O.C=O.CCCCC#N.CCCCC#N.CCCCC#N.CCCCC#N.[W]. The first-order chi connectivity index (χ1) is 13.7. The predicted molar refractivity (Wildman–Crippen MR) is 115 cm³/mol. The molecular weight excluding hydrogens is 536 g/mol. The van der Waals surface area contributed by atoms with Crippen LogP contribution in [-0.4, -0.2) is 13.6 Å². The van der Waals surface area contributed by atoms with E-state index in [0.717, 1.165) is 77.0 Å². The second-order valence-electron chi connectivity index (χ2n) is 5.05. The minimum Gasteiger partial charge on any atom is -0.307 e. The largest absolute Gasteiger partial charge is 0.307 e. The van der Waals surface area contributed by atoms with Crippen LogP contribution in [0.4, 0.5) is 0 Å². The number of hydrogen-bond donors (Lipinski definition) is 0. The molecule has 0 aliphatic heterocycles. The third kappa shape index (κ3) is 150. The molecular formula is C22H40N4O2W. The van der Waals surface area contributed by atoms with Gasteiger partial charge in [-0.1, -0.05) is 53.4 Å². The number of carbonyl (C=O) groups excluding carboxylic acids is 2. The first kappa shape index (κ1) is 45.6. The molecule has 0 aliphatic carbocycles. The molecule has 0 saturated carbocycles.